The van der Waals surface area contributed by atoms with Gasteiger partial charge in [0.05, 0.1) is 5.69 Å². The number of rotatable bonds is 4. The van der Waals surface area contributed by atoms with Crippen molar-refractivity contribution in [3.8, 4) is 22.4 Å². The molecule has 2 aromatic carbocycles. The number of aromatic nitrogens is 2. The minimum atomic E-state index is -0.996. The molecule has 0 spiro atoms. The van der Waals surface area contributed by atoms with Crippen LogP contribution in [0.2, 0.25) is 5.02 Å². The van der Waals surface area contributed by atoms with Crippen molar-refractivity contribution in [3.05, 3.63) is 70.5 Å². The number of carboxylic acid groups (broad SMARTS) is 1. The van der Waals surface area contributed by atoms with Crippen molar-refractivity contribution in [2.75, 3.05) is 0 Å². The first-order valence-corrected chi connectivity index (χ1v) is 9.20. The number of fused-ring (bicyclic) bond motifs is 1. The van der Waals surface area contributed by atoms with E-state index in [1.54, 1.807) is 0 Å². The van der Waals surface area contributed by atoms with E-state index in [0.717, 1.165) is 38.9 Å². The number of hydrogen-bond donors (Lipinski definition) is 3. The van der Waals surface area contributed by atoms with Gasteiger partial charge >= 0.3 is 5.97 Å². The predicted octanol–water partition coefficient (Wildman–Crippen LogP) is 6.05. The number of aryl methyl sites for hydroxylation is 1. The van der Waals surface area contributed by atoms with Gasteiger partial charge in [0.15, 0.2) is 0 Å². The van der Waals surface area contributed by atoms with Crippen LogP contribution >= 0.6 is 11.6 Å². The van der Waals surface area contributed by atoms with E-state index < -0.39 is 5.97 Å². The second-order valence-corrected chi connectivity index (χ2v) is 7.02. The highest BCUT2D eigenvalue weighted by Gasteiger charge is 2.25. The molecule has 0 unspecified atom stereocenters. The second-order valence-electron chi connectivity index (χ2n) is 6.62. The van der Waals surface area contributed by atoms with Crippen LogP contribution in [-0.2, 0) is 6.42 Å². The minimum Gasteiger partial charge on any atom is -0.477 e. The van der Waals surface area contributed by atoms with Crippen LogP contribution in [0.4, 0.5) is 0 Å². The number of H-pyrrole nitrogens is 2. The van der Waals surface area contributed by atoms with Gasteiger partial charge < -0.3 is 15.1 Å². The molecule has 136 valence electrons. The second kappa shape index (κ2) is 6.63. The van der Waals surface area contributed by atoms with Crippen LogP contribution in [0.15, 0.2) is 48.7 Å². The fourth-order valence-electron chi connectivity index (χ4n) is 3.71. The Hall–Kier alpha value is -2.98. The standard InChI is InChI=1S/C22H19ClN2O2/c1-3-13-19(16-11-12(2)7-8-17(16)23)21(22(26)27)25-20(13)15-5-4-6-18-14(15)9-10-24-18/h4-11,24-25H,3H2,1-2H3,(H,26,27). The van der Waals surface area contributed by atoms with Crippen LogP contribution in [0.5, 0.6) is 0 Å². The summed E-state index contributed by atoms with van der Waals surface area (Å²) in [7, 11) is 0. The highest BCUT2D eigenvalue weighted by molar-refractivity contribution is 6.33. The number of hydrogen-bond acceptors (Lipinski definition) is 1. The summed E-state index contributed by atoms with van der Waals surface area (Å²) in [5, 5.41) is 11.5. The lowest BCUT2D eigenvalue weighted by Crippen LogP contribution is -2.00. The van der Waals surface area contributed by atoms with Crippen LogP contribution in [0.3, 0.4) is 0 Å². The third-order valence-corrected chi connectivity index (χ3v) is 5.26. The Labute approximate surface area is 161 Å². The van der Waals surface area contributed by atoms with Crippen molar-refractivity contribution in [1.29, 1.82) is 0 Å². The third-order valence-electron chi connectivity index (χ3n) is 4.93. The Bertz CT molecular complexity index is 1170. The third kappa shape index (κ3) is 2.82. The van der Waals surface area contributed by atoms with Gasteiger partial charge in [0.1, 0.15) is 5.69 Å². The van der Waals surface area contributed by atoms with Crippen molar-refractivity contribution in [3.63, 3.8) is 0 Å². The van der Waals surface area contributed by atoms with E-state index in [4.69, 9.17) is 11.6 Å². The minimum absolute atomic E-state index is 0.168. The maximum Gasteiger partial charge on any atom is 0.352 e. The first-order valence-electron chi connectivity index (χ1n) is 8.82. The van der Waals surface area contributed by atoms with Gasteiger partial charge in [-0.25, -0.2) is 4.79 Å². The number of carboxylic acids is 1. The van der Waals surface area contributed by atoms with E-state index in [1.807, 2.05) is 62.5 Å². The number of aromatic carboxylic acids is 1. The van der Waals surface area contributed by atoms with Crippen molar-refractivity contribution < 1.29 is 9.90 Å². The van der Waals surface area contributed by atoms with Crippen LogP contribution in [-0.4, -0.2) is 21.0 Å². The maximum absolute atomic E-state index is 12.0. The Kier molecular flexibility index (Phi) is 4.28. The summed E-state index contributed by atoms with van der Waals surface area (Å²) in [6.45, 7) is 4.00. The quantitative estimate of drug-likeness (QED) is 0.404. The molecule has 5 heteroatoms. The average Bonchev–Trinajstić information content (AvgIpc) is 3.27. The molecular weight excluding hydrogens is 360 g/mol. The van der Waals surface area contributed by atoms with E-state index in [2.05, 4.69) is 9.97 Å². The van der Waals surface area contributed by atoms with Crippen LogP contribution in [0.25, 0.3) is 33.3 Å². The summed E-state index contributed by atoms with van der Waals surface area (Å²) in [5.41, 5.74) is 6.38. The first-order chi connectivity index (χ1) is 13.0. The van der Waals surface area contributed by atoms with Crippen molar-refractivity contribution in [2.45, 2.75) is 20.3 Å². The maximum atomic E-state index is 12.0. The van der Waals surface area contributed by atoms with E-state index in [-0.39, 0.29) is 5.69 Å². The molecule has 0 aliphatic heterocycles. The number of nitrogens with one attached hydrogen (secondary N) is 2. The lowest BCUT2D eigenvalue weighted by atomic mass is 9.94. The Morgan fingerprint density at radius 3 is 2.70 bits per heavy atom. The lowest BCUT2D eigenvalue weighted by Gasteiger charge is -2.10. The molecule has 0 fully saturated rings. The molecule has 0 aliphatic carbocycles. The number of halogens is 1. The molecule has 4 nitrogen and oxygen atoms in total. The fourth-order valence-corrected chi connectivity index (χ4v) is 3.93. The highest BCUT2D eigenvalue weighted by atomic mass is 35.5. The van der Waals surface area contributed by atoms with Gasteiger partial charge in [-0.05, 0) is 43.2 Å². The molecule has 4 rings (SSSR count). The predicted molar refractivity (Wildman–Crippen MR) is 110 cm³/mol. The van der Waals surface area contributed by atoms with Gasteiger partial charge in [0.2, 0.25) is 0 Å². The van der Waals surface area contributed by atoms with Gasteiger partial charge in [-0.1, -0.05) is 42.3 Å². The van der Waals surface area contributed by atoms with E-state index >= 15 is 0 Å². The number of benzene rings is 2. The molecule has 3 N–H and O–H groups in total. The van der Waals surface area contributed by atoms with E-state index in [1.165, 1.54) is 0 Å². The summed E-state index contributed by atoms with van der Waals surface area (Å²) in [6, 6.07) is 13.7. The molecule has 27 heavy (non-hydrogen) atoms. The molecule has 4 aromatic rings. The van der Waals surface area contributed by atoms with Crippen LogP contribution < -0.4 is 0 Å². The molecule has 0 saturated heterocycles. The smallest absolute Gasteiger partial charge is 0.352 e. The zero-order chi connectivity index (χ0) is 19.1. The Balaban J connectivity index is 2.07. The van der Waals surface area contributed by atoms with E-state index in [0.29, 0.717) is 17.0 Å². The zero-order valence-electron chi connectivity index (χ0n) is 15.1. The van der Waals surface area contributed by atoms with E-state index in [9.17, 15) is 9.90 Å². The first kappa shape index (κ1) is 17.4. The Morgan fingerprint density at radius 1 is 1.15 bits per heavy atom. The van der Waals surface area contributed by atoms with Crippen LogP contribution in [0.1, 0.15) is 28.5 Å². The molecule has 0 amide bonds. The summed E-state index contributed by atoms with van der Waals surface area (Å²) in [5.74, 6) is -0.996. The highest BCUT2D eigenvalue weighted by Crippen LogP contribution is 2.41. The summed E-state index contributed by atoms with van der Waals surface area (Å²) >= 11 is 6.46. The molecule has 0 saturated carbocycles. The van der Waals surface area contributed by atoms with Crippen molar-refractivity contribution in [2.24, 2.45) is 0 Å². The molecule has 0 radical (unpaired) electrons. The normalized spacial score (nSPS) is 11.2. The zero-order valence-corrected chi connectivity index (χ0v) is 15.8. The summed E-state index contributed by atoms with van der Waals surface area (Å²) in [4.78, 5) is 18.4. The van der Waals surface area contributed by atoms with Gasteiger partial charge in [-0.15, -0.1) is 0 Å². The molecule has 2 heterocycles. The van der Waals surface area contributed by atoms with Gasteiger partial charge in [-0.3, -0.25) is 0 Å². The molecule has 2 aromatic heterocycles. The van der Waals surface area contributed by atoms with Gasteiger partial charge in [0, 0.05) is 38.8 Å². The van der Waals surface area contributed by atoms with Gasteiger partial charge in [-0.2, -0.15) is 0 Å². The monoisotopic (exact) mass is 378 g/mol. The molecule has 0 bridgehead atoms. The van der Waals surface area contributed by atoms with Crippen LogP contribution in [0, 0.1) is 6.92 Å². The van der Waals surface area contributed by atoms with Crippen molar-refractivity contribution >= 4 is 28.5 Å². The van der Waals surface area contributed by atoms with Gasteiger partial charge in [0.25, 0.3) is 0 Å². The average molecular weight is 379 g/mol. The lowest BCUT2D eigenvalue weighted by molar-refractivity contribution is 0.0692. The number of carbonyl (C=O) groups is 1. The topological polar surface area (TPSA) is 68.9 Å². The summed E-state index contributed by atoms with van der Waals surface area (Å²) in [6.07, 6.45) is 2.57. The number of aromatic amines is 2. The Morgan fingerprint density at radius 2 is 1.96 bits per heavy atom. The molecule has 0 atom stereocenters. The summed E-state index contributed by atoms with van der Waals surface area (Å²) < 4.78 is 0. The fraction of sp³-hybridized carbons (Fsp3) is 0.136. The molecular formula is C22H19ClN2O2. The van der Waals surface area contributed by atoms with Crippen molar-refractivity contribution in [1.82, 2.24) is 9.97 Å². The molecule has 0 aliphatic rings. The SMILES string of the molecule is CCc1c(-c2cccc3[nH]ccc23)[nH]c(C(=O)O)c1-c1cc(C)ccc1Cl. The largest absolute Gasteiger partial charge is 0.477 e.